The summed E-state index contributed by atoms with van der Waals surface area (Å²) < 4.78 is 10.8. The average molecular weight is 454 g/mol. The van der Waals surface area contributed by atoms with E-state index < -0.39 is 0 Å². The van der Waals surface area contributed by atoms with E-state index in [0.717, 1.165) is 30.3 Å². The number of rotatable bonds is 5. The minimum absolute atomic E-state index is 0.00274. The van der Waals surface area contributed by atoms with Crippen LogP contribution in [-0.4, -0.2) is 62.4 Å². The molecule has 0 radical (unpaired) electrons. The summed E-state index contributed by atoms with van der Waals surface area (Å²) in [6, 6.07) is 15.0. The van der Waals surface area contributed by atoms with Crippen LogP contribution >= 0.6 is 11.8 Å². The maximum atomic E-state index is 12.9. The van der Waals surface area contributed by atoms with Crippen molar-refractivity contribution in [2.45, 2.75) is 6.92 Å². The monoisotopic (exact) mass is 453 g/mol. The summed E-state index contributed by atoms with van der Waals surface area (Å²) >= 11 is 1.50. The van der Waals surface area contributed by atoms with E-state index in [-0.39, 0.29) is 11.8 Å². The van der Waals surface area contributed by atoms with Gasteiger partial charge in [-0.05, 0) is 43.3 Å². The molecule has 0 aliphatic carbocycles. The van der Waals surface area contributed by atoms with Crippen LogP contribution in [0.25, 0.3) is 0 Å². The topological polar surface area (TPSA) is 71.1 Å². The molecule has 0 saturated carbocycles. The third kappa shape index (κ3) is 5.02. The normalized spacial score (nSPS) is 16.4. The Morgan fingerprint density at radius 3 is 2.50 bits per heavy atom. The maximum Gasteiger partial charge on any atom is 0.265 e. The van der Waals surface area contributed by atoms with Crippen LogP contribution in [0.4, 0.5) is 11.4 Å². The molecule has 7 nitrogen and oxygen atoms in total. The molecule has 2 aromatic carbocycles. The van der Waals surface area contributed by atoms with Crippen molar-refractivity contribution in [2.75, 3.05) is 55.9 Å². The molecule has 32 heavy (non-hydrogen) atoms. The minimum Gasteiger partial charge on any atom is -0.497 e. The van der Waals surface area contributed by atoms with Crippen LogP contribution in [0.3, 0.4) is 0 Å². The fraction of sp³-hybridized carbons (Fsp3) is 0.333. The molecule has 1 saturated heterocycles. The lowest BCUT2D eigenvalue weighted by atomic mass is 10.1. The van der Waals surface area contributed by atoms with Gasteiger partial charge in [0.1, 0.15) is 16.4 Å². The van der Waals surface area contributed by atoms with E-state index in [2.05, 4.69) is 16.3 Å². The summed E-state index contributed by atoms with van der Waals surface area (Å²) in [6.07, 6.45) is 0. The number of methoxy groups -OCH3 is 1. The number of hydrogen-bond acceptors (Lipinski definition) is 6. The molecule has 8 heteroatoms. The van der Waals surface area contributed by atoms with Crippen molar-refractivity contribution in [3.63, 3.8) is 0 Å². The van der Waals surface area contributed by atoms with Crippen LogP contribution in [-0.2, 0) is 9.53 Å². The van der Waals surface area contributed by atoms with Crippen molar-refractivity contribution in [2.24, 2.45) is 0 Å². The molecule has 4 rings (SSSR count). The summed E-state index contributed by atoms with van der Waals surface area (Å²) in [4.78, 5) is 30.1. The van der Waals surface area contributed by atoms with Crippen LogP contribution < -0.4 is 15.0 Å². The van der Waals surface area contributed by atoms with Gasteiger partial charge in [-0.1, -0.05) is 6.07 Å². The lowest BCUT2D eigenvalue weighted by Crippen LogP contribution is -2.48. The zero-order valence-corrected chi connectivity index (χ0v) is 19.1. The predicted molar refractivity (Wildman–Crippen MR) is 127 cm³/mol. The Morgan fingerprint density at radius 2 is 1.81 bits per heavy atom. The van der Waals surface area contributed by atoms with Crippen LogP contribution in [0.5, 0.6) is 5.75 Å². The molecule has 1 fully saturated rings. The first-order valence-corrected chi connectivity index (χ1v) is 11.6. The lowest BCUT2D eigenvalue weighted by Gasteiger charge is -2.36. The van der Waals surface area contributed by atoms with Gasteiger partial charge in [0.05, 0.1) is 13.7 Å². The Bertz CT molecular complexity index is 1010. The van der Waals surface area contributed by atoms with Crippen LogP contribution in [0.1, 0.15) is 17.3 Å². The number of benzene rings is 2. The first-order valence-electron chi connectivity index (χ1n) is 10.6. The summed E-state index contributed by atoms with van der Waals surface area (Å²) in [5, 5.41) is 2.88. The number of carbonyl (C=O) groups is 2. The predicted octanol–water partition coefficient (Wildman–Crippen LogP) is 3.59. The van der Waals surface area contributed by atoms with Gasteiger partial charge in [0, 0.05) is 54.9 Å². The van der Waals surface area contributed by atoms with Crippen molar-refractivity contribution in [3.8, 4) is 5.75 Å². The Hall–Kier alpha value is -3.13. The van der Waals surface area contributed by atoms with E-state index in [0.29, 0.717) is 41.6 Å². The number of nitrogens with zero attached hydrogens (tertiary/aromatic N) is 2. The molecule has 0 unspecified atom stereocenters. The third-order valence-corrected chi connectivity index (χ3v) is 6.68. The Morgan fingerprint density at radius 1 is 1.06 bits per heavy atom. The van der Waals surface area contributed by atoms with Gasteiger partial charge >= 0.3 is 0 Å². The second-order valence-electron chi connectivity index (χ2n) is 7.59. The molecule has 2 heterocycles. The molecule has 2 aromatic rings. The number of anilines is 2. The number of carbonyl (C=O) groups excluding carboxylic acids is 2. The Kier molecular flexibility index (Phi) is 6.90. The molecule has 2 aliphatic heterocycles. The Balaban J connectivity index is 1.33. The van der Waals surface area contributed by atoms with Crippen molar-refractivity contribution in [1.82, 2.24) is 4.90 Å². The highest BCUT2D eigenvalue weighted by atomic mass is 32.2. The first-order chi connectivity index (χ1) is 15.5. The second-order valence-corrected chi connectivity index (χ2v) is 8.70. The zero-order chi connectivity index (χ0) is 22.5. The third-order valence-electron chi connectivity index (χ3n) is 5.55. The molecule has 0 aromatic heterocycles. The summed E-state index contributed by atoms with van der Waals surface area (Å²) in [5.74, 6) is 2.06. The van der Waals surface area contributed by atoms with E-state index in [4.69, 9.17) is 9.47 Å². The number of ether oxygens (including phenoxy) is 2. The van der Waals surface area contributed by atoms with E-state index in [1.807, 2.05) is 23.1 Å². The summed E-state index contributed by atoms with van der Waals surface area (Å²) in [6.45, 7) is 5.26. The number of thioether (sulfide) groups is 1. The van der Waals surface area contributed by atoms with Gasteiger partial charge in [-0.25, -0.2) is 0 Å². The molecule has 0 bridgehead atoms. The van der Waals surface area contributed by atoms with Crippen LogP contribution in [0.15, 0.2) is 59.2 Å². The largest absolute Gasteiger partial charge is 0.497 e. The van der Waals surface area contributed by atoms with Gasteiger partial charge in [0.25, 0.3) is 11.8 Å². The molecule has 168 valence electrons. The quantitative estimate of drug-likeness (QED) is 0.746. The molecule has 2 aliphatic rings. The zero-order valence-electron chi connectivity index (χ0n) is 18.3. The number of amides is 2. The van der Waals surface area contributed by atoms with Gasteiger partial charge in [0.2, 0.25) is 0 Å². The maximum absolute atomic E-state index is 12.9. The van der Waals surface area contributed by atoms with Gasteiger partial charge < -0.3 is 24.6 Å². The van der Waals surface area contributed by atoms with Crippen molar-refractivity contribution < 1.29 is 19.1 Å². The summed E-state index contributed by atoms with van der Waals surface area (Å²) in [5.41, 5.74) is 2.37. The fourth-order valence-electron chi connectivity index (χ4n) is 3.77. The summed E-state index contributed by atoms with van der Waals surface area (Å²) in [7, 11) is 1.66. The number of allylic oxidation sites excluding steroid dienone is 1. The second kappa shape index (κ2) is 9.99. The Labute approximate surface area is 192 Å². The minimum atomic E-state index is -0.181. The molecular formula is C24H27N3O4S. The van der Waals surface area contributed by atoms with Gasteiger partial charge in [-0.2, -0.15) is 0 Å². The molecule has 1 N–H and O–H groups in total. The molecule has 0 atom stereocenters. The molecule has 2 amide bonds. The standard InChI is InChI=1S/C24H27N3O4S/c1-17-22(32-15-14-31-17)23(28)25-19-8-6-18(7-9-19)24(29)27-12-10-26(11-13-27)20-4-3-5-21(16-20)30-2/h3-9,16H,10-15H2,1-2H3,(H,25,28). The van der Waals surface area contributed by atoms with E-state index in [1.165, 1.54) is 11.8 Å². The number of piperazine rings is 1. The van der Waals surface area contributed by atoms with E-state index in [1.54, 1.807) is 38.3 Å². The molecule has 0 spiro atoms. The van der Waals surface area contributed by atoms with Crippen molar-refractivity contribution in [3.05, 3.63) is 64.8 Å². The lowest BCUT2D eigenvalue weighted by molar-refractivity contribution is -0.112. The number of hydrogen-bond donors (Lipinski definition) is 1. The highest BCUT2D eigenvalue weighted by Gasteiger charge is 2.23. The average Bonchev–Trinajstić information content (AvgIpc) is 2.84. The van der Waals surface area contributed by atoms with E-state index in [9.17, 15) is 9.59 Å². The first kappa shape index (κ1) is 22.1. The van der Waals surface area contributed by atoms with Gasteiger partial charge in [-0.3, -0.25) is 9.59 Å². The van der Waals surface area contributed by atoms with Crippen molar-refractivity contribution in [1.29, 1.82) is 0 Å². The highest BCUT2D eigenvalue weighted by molar-refractivity contribution is 8.04. The van der Waals surface area contributed by atoms with Crippen molar-refractivity contribution >= 4 is 35.0 Å². The van der Waals surface area contributed by atoms with Crippen LogP contribution in [0, 0.1) is 0 Å². The van der Waals surface area contributed by atoms with Gasteiger partial charge in [0.15, 0.2) is 0 Å². The molecular weight excluding hydrogens is 426 g/mol. The van der Waals surface area contributed by atoms with E-state index >= 15 is 0 Å². The van der Waals surface area contributed by atoms with Gasteiger partial charge in [-0.15, -0.1) is 11.8 Å². The number of nitrogens with one attached hydrogen (secondary N) is 1. The highest BCUT2D eigenvalue weighted by Crippen LogP contribution is 2.27. The smallest absolute Gasteiger partial charge is 0.265 e. The van der Waals surface area contributed by atoms with Crippen LogP contribution in [0.2, 0.25) is 0 Å². The SMILES string of the molecule is COc1cccc(N2CCN(C(=O)c3ccc(NC(=O)C4=C(C)OCCS4)cc3)CC2)c1. The fourth-order valence-corrected chi connectivity index (χ4v) is 4.59.